The Hall–Kier alpha value is -1.67. The first kappa shape index (κ1) is 15.7. The first-order valence-corrected chi connectivity index (χ1v) is 8.23. The van der Waals surface area contributed by atoms with Gasteiger partial charge in [-0.1, -0.05) is 0 Å². The van der Waals surface area contributed by atoms with Crippen molar-refractivity contribution in [2.24, 2.45) is 5.92 Å². The highest BCUT2D eigenvalue weighted by Crippen LogP contribution is 2.33. The predicted molar refractivity (Wildman–Crippen MR) is 79.3 cm³/mol. The molecule has 8 heteroatoms. The largest absolute Gasteiger partial charge is 0.393 e. The Morgan fingerprint density at radius 1 is 1.43 bits per heavy atom. The summed E-state index contributed by atoms with van der Waals surface area (Å²) in [5.41, 5.74) is 5.08. The van der Waals surface area contributed by atoms with Crippen molar-refractivity contribution in [2.45, 2.75) is 37.6 Å². The van der Waals surface area contributed by atoms with E-state index in [1.807, 2.05) is 0 Å². The van der Waals surface area contributed by atoms with Crippen molar-refractivity contribution in [3.05, 3.63) is 28.3 Å². The summed E-state index contributed by atoms with van der Waals surface area (Å²) in [5.74, 6) is 0.394. The van der Waals surface area contributed by atoms with Crippen molar-refractivity contribution < 1.29 is 13.3 Å². The lowest BCUT2D eigenvalue weighted by Gasteiger charge is -2.25. The minimum atomic E-state index is -3.75. The molecule has 0 bridgehead atoms. The van der Waals surface area contributed by atoms with Crippen LogP contribution in [0.3, 0.4) is 0 Å². The molecular formula is C13H19N3O4S. The topological polar surface area (TPSA) is 107 Å². The van der Waals surface area contributed by atoms with Gasteiger partial charge in [-0.2, -0.15) is 4.31 Å². The normalized spacial score (nSPS) is 15.6. The van der Waals surface area contributed by atoms with Gasteiger partial charge in [0, 0.05) is 18.7 Å². The van der Waals surface area contributed by atoms with Crippen LogP contribution in [0.2, 0.25) is 0 Å². The third-order valence-electron chi connectivity index (χ3n) is 3.52. The molecule has 2 rings (SSSR count). The molecule has 1 aromatic rings. The molecule has 0 amide bonds. The van der Waals surface area contributed by atoms with Gasteiger partial charge in [0.2, 0.25) is 10.0 Å². The molecule has 0 atom stereocenters. The van der Waals surface area contributed by atoms with Crippen LogP contribution >= 0.6 is 0 Å². The van der Waals surface area contributed by atoms with Gasteiger partial charge in [-0.3, -0.25) is 10.1 Å². The van der Waals surface area contributed by atoms with Crippen LogP contribution in [0.25, 0.3) is 0 Å². The second-order valence-electron chi connectivity index (χ2n) is 5.59. The highest BCUT2D eigenvalue weighted by Gasteiger charge is 2.34. The van der Waals surface area contributed by atoms with Gasteiger partial charge >= 0.3 is 0 Å². The Kier molecular flexibility index (Phi) is 4.20. The molecule has 1 aromatic carbocycles. The fraction of sp³-hybridized carbons (Fsp3) is 0.538. The van der Waals surface area contributed by atoms with Crippen LogP contribution in [0, 0.1) is 16.0 Å². The number of rotatable bonds is 6. The molecule has 2 N–H and O–H groups in total. The summed E-state index contributed by atoms with van der Waals surface area (Å²) in [6.45, 7) is 4.05. The predicted octanol–water partition coefficient (Wildman–Crippen LogP) is 1.99. The van der Waals surface area contributed by atoms with E-state index in [0.29, 0.717) is 12.5 Å². The Bertz CT molecular complexity index is 653. The summed E-state index contributed by atoms with van der Waals surface area (Å²) in [6.07, 6.45) is 2.06. The molecule has 1 aliphatic rings. The number of nitro groups is 1. The van der Waals surface area contributed by atoms with Gasteiger partial charge in [0.1, 0.15) is 5.69 Å². The third kappa shape index (κ3) is 3.33. The number of nitrogens with two attached hydrogens (primary N) is 1. The molecule has 1 fully saturated rings. The van der Waals surface area contributed by atoms with Crippen molar-refractivity contribution in [2.75, 3.05) is 12.3 Å². The lowest BCUT2D eigenvalue weighted by molar-refractivity contribution is -0.384. The van der Waals surface area contributed by atoms with Gasteiger partial charge in [0.25, 0.3) is 5.69 Å². The van der Waals surface area contributed by atoms with E-state index in [1.54, 1.807) is 13.8 Å². The lowest BCUT2D eigenvalue weighted by atomic mass is 10.3. The zero-order chi connectivity index (χ0) is 15.8. The number of sulfonamides is 1. The monoisotopic (exact) mass is 313 g/mol. The average molecular weight is 313 g/mol. The molecule has 0 aliphatic heterocycles. The number of nitrogens with zero attached hydrogens (tertiary/aromatic N) is 2. The number of hydrogen-bond donors (Lipinski definition) is 1. The second kappa shape index (κ2) is 5.61. The maximum atomic E-state index is 12.7. The van der Waals surface area contributed by atoms with E-state index in [0.717, 1.165) is 18.9 Å². The molecule has 1 aliphatic carbocycles. The smallest absolute Gasteiger partial charge is 0.293 e. The van der Waals surface area contributed by atoms with Crippen LogP contribution in [0.4, 0.5) is 11.4 Å². The van der Waals surface area contributed by atoms with Crippen molar-refractivity contribution in [3.63, 3.8) is 0 Å². The highest BCUT2D eigenvalue weighted by atomic mass is 32.2. The van der Waals surface area contributed by atoms with E-state index in [2.05, 4.69) is 0 Å². The van der Waals surface area contributed by atoms with E-state index >= 15 is 0 Å². The Morgan fingerprint density at radius 3 is 2.52 bits per heavy atom. The van der Waals surface area contributed by atoms with Gasteiger partial charge in [-0.15, -0.1) is 0 Å². The summed E-state index contributed by atoms with van der Waals surface area (Å²) in [6, 6.07) is 3.42. The first-order valence-electron chi connectivity index (χ1n) is 6.79. The first-order chi connectivity index (χ1) is 9.73. The zero-order valence-electron chi connectivity index (χ0n) is 12.0. The van der Waals surface area contributed by atoms with E-state index < -0.39 is 14.9 Å². The van der Waals surface area contributed by atoms with Gasteiger partial charge in [-0.05, 0) is 44.7 Å². The van der Waals surface area contributed by atoms with Crippen LogP contribution in [-0.2, 0) is 10.0 Å². The molecule has 21 heavy (non-hydrogen) atoms. The molecular weight excluding hydrogens is 294 g/mol. The molecule has 116 valence electrons. The average Bonchev–Trinajstić information content (AvgIpc) is 3.19. The molecule has 0 unspecified atom stereocenters. The van der Waals surface area contributed by atoms with Crippen LogP contribution < -0.4 is 5.73 Å². The fourth-order valence-electron chi connectivity index (χ4n) is 2.12. The van der Waals surface area contributed by atoms with Gasteiger partial charge in [-0.25, -0.2) is 8.42 Å². The third-order valence-corrected chi connectivity index (χ3v) is 5.55. The molecule has 0 aromatic heterocycles. The van der Waals surface area contributed by atoms with Gasteiger partial charge in [0.15, 0.2) is 0 Å². The fourth-order valence-corrected chi connectivity index (χ4v) is 3.85. The summed E-state index contributed by atoms with van der Waals surface area (Å²) in [5, 5.41) is 10.9. The molecule has 0 spiro atoms. The molecule has 0 saturated heterocycles. The Labute approximate surface area is 123 Å². The number of nitrogen functional groups attached to an aromatic ring is 1. The molecule has 1 saturated carbocycles. The van der Waals surface area contributed by atoms with Crippen molar-refractivity contribution in [1.82, 2.24) is 4.31 Å². The van der Waals surface area contributed by atoms with Gasteiger partial charge in [0.05, 0.1) is 9.82 Å². The maximum Gasteiger partial charge on any atom is 0.293 e. The number of hydrogen-bond acceptors (Lipinski definition) is 5. The van der Waals surface area contributed by atoms with Crippen molar-refractivity contribution in [3.8, 4) is 0 Å². The summed E-state index contributed by atoms with van der Waals surface area (Å²) >= 11 is 0. The summed E-state index contributed by atoms with van der Waals surface area (Å²) in [7, 11) is -3.75. The number of anilines is 1. The highest BCUT2D eigenvalue weighted by molar-refractivity contribution is 7.89. The van der Waals surface area contributed by atoms with Crippen LogP contribution in [0.5, 0.6) is 0 Å². The SMILES string of the molecule is CC(C)N(CC1CC1)S(=O)(=O)c1ccc(N)c([N+](=O)[O-])c1. The quantitative estimate of drug-likeness (QED) is 0.491. The second-order valence-corrected chi connectivity index (χ2v) is 7.48. The lowest BCUT2D eigenvalue weighted by Crippen LogP contribution is -2.38. The summed E-state index contributed by atoms with van der Waals surface area (Å²) in [4.78, 5) is 10.2. The number of nitro benzene ring substituents is 1. The van der Waals surface area contributed by atoms with E-state index in [9.17, 15) is 18.5 Å². The minimum absolute atomic E-state index is 0.0442. The molecule has 7 nitrogen and oxygen atoms in total. The molecule has 0 heterocycles. The van der Waals surface area contributed by atoms with Gasteiger partial charge < -0.3 is 5.73 Å². The van der Waals surface area contributed by atoms with Crippen molar-refractivity contribution in [1.29, 1.82) is 0 Å². The van der Waals surface area contributed by atoms with Crippen LogP contribution in [-0.4, -0.2) is 30.2 Å². The zero-order valence-corrected chi connectivity index (χ0v) is 12.8. The van der Waals surface area contributed by atoms with Crippen LogP contribution in [0.15, 0.2) is 23.1 Å². The molecule has 0 radical (unpaired) electrons. The summed E-state index contributed by atoms with van der Waals surface area (Å²) < 4.78 is 26.8. The van der Waals surface area contributed by atoms with Crippen LogP contribution in [0.1, 0.15) is 26.7 Å². The Morgan fingerprint density at radius 2 is 2.05 bits per heavy atom. The number of benzene rings is 1. The maximum absolute atomic E-state index is 12.7. The van der Waals surface area contributed by atoms with E-state index in [-0.39, 0.29) is 22.3 Å². The minimum Gasteiger partial charge on any atom is -0.393 e. The van der Waals surface area contributed by atoms with E-state index in [4.69, 9.17) is 5.73 Å². The Balaban J connectivity index is 2.41. The van der Waals surface area contributed by atoms with E-state index in [1.165, 1.54) is 16.4 Å². The van der Waals surface area contributed by atoms with Crippen molar-refractivity contribution >= 4 is 21.4 Å². The standard InChI is InChI=1S/C13H19N3O4S/c1-9(2)15(8-10-3-4-10)21(19,20)11-5-6-12(14)13(7-11)16(17)18/h5-7,9-10H,3-4,8,14H2,1-2H3.